The summed E-state index contributed by atoms with van der Waals surface area (Å²) in [5.74, 6) is 0. The second-order valence-electron chi connectivity index (χ2n) is 4.67. The molecule has 0 heterocycles. The Kier molecular flexibility index (Phi) is 2.86. The summed E-state index contributed by atoms with van der Waals surface area (Å²) < 4.78 is 1.23. The van der Waals surface area contributed by atoms with Crippen molar-refractivity contribution in [3.8, 4) is 0 Å². The maximum atomic E-state index is 3.62. The molecule has 0 unspecified atom stereocenters. The van der Waals surface area contributed by atoms with Crippen LogP contribution in [0.1, 0.15) is 37.5 Å². The van der Waals surface area contributed by atoms with Gasteiger partial charge in [-0.25, -0.2) is 0 Å². The molecule has 1 aromatic carbocycles. The minimum absolute atomic E-state index is 0.220. The van der Waals surface area contributed by atoms with Gasteiger partial charge in [-0.3, -0.25) is 0 Å². The third kappa shape index (κ3) is 2.34. The van der Waals surface area contributed by atoms with E-state index in [1.807, 2.05) is 0 Å². The highest BCUT2D eigenvalue weighted by atomic mass is 79.9. The zero-order chi connectivity index (χ0) is 10.2. The van der Waals surface area contributed by atoms with E-state index >= 15 is 0 Å². The first-order valence-electron chi connectivity index (χ1n) is 4.59. The van der Waals surface area contributed by atoms with E-state index in [1.54, 1.807) is 0 Å². The SMILES string of the molecule is Cc1cc(Br)c(C(C)(C)C)cc1C. The third-order valence-electron chi connectivity index (χ3n) is 2.39. The topological polar surface area (TPSA) is 0 Å². The van der Waals surface area contributed by atoms with Crippen LogP contribution in [0.4, 0.5) is 0 Å². The molecule has 13 heavy (non-hydrogen) atoms. The number of benzene rings is 1. The van der Waals surface area contributed by atoms with Crippen LogP contribution in [0.3, 0.4) is 0 Å². The third-order valence-corrected chi connectivity index (χ3v) is 3.05. The molecule has 0 aliphatic heterocycles. The van der Waals surface area contributed by atoms with Crippen molar-refractivity contribution in [2.75, 3.05) is 0 Å². The quantitative estimate of drug-likeness (QED) is 0.632. The zero-order valence-electron chi connectivity index (χ0n) is 9.03. The number of hydrogen-bond donors (Lipinski definition) is 0. The standard InChI is InChI=1S/C12H17Br/c1-8-6-10(12(3,4)5)11(13)7-9(8)2/h6-7H,1-5H3. The second kappa shape index (κ2) is 3.45. The van der Waals surface area contributed by atoms with Crippen LogP contribution in [0.2, 0.25) is 0 Å². The van der Waals surface area contributed by atoms with E-state index in [1.165, 1.54) is 21.2 Å². The lowest BCUT2D eigenvalue weighted by molar-refractivity contribution is 0.586. The first kappa shape index (κ1) is 10.8. The van der Waals surface area contributed by atoms with Crippen molar-refractivity contribution in [1.82, 2.24) is 0 Å². The minimum atomic E-state index is 0.220. The molecule has 0 N–H and O–H groups in total. The van der Waals surface area contributed by atoms with Gasteiger partial charge in [-0.15, -0.1) is 0 Å². The summed E-state index contributed by atoms with van der Waals surface area (Å²) in [5.41, 5.74) is 4.32. The normalized spacial score (nSPS) is 11.8. The van der Waals surface area contributed by atoms with Crippen molar-refractivity contribution in [2.45, 2.75) is 40.0 Å². The van der Waals surface area contributed by atoms with Crippen LogP contribution in [0.5, 0.6) is 0 Å². The molecular formula is C12H17Br. The van der Waals surface area contributed by atoms with E-state index in [4.69, 9.17) is 0 Å². The molecule has 1 aromatic rings. The van der Waals surface area contributed by atoms with Gasteiger partial charge in [-0.2, -0.15) is 0 Å². The van der Waals surface area contributed by atoms with Crippen LogP contribution < -0.4 is 0 Å². The van der Waals surface area contributed by atoms with Crippen LogP contribution in [-0.4, -0.2) is 0 Å². The summed E-state index contributed by atoms with van der Waals surface area (Å²) in [6, 6.07) is 4.48. The van der Waals surface area contributed by atoms with Gasteiger partial charge in [0.15, 0.2) is 0 Å². The van der Waals surface area contributed by atoms with E-state index in [9.17, 15) is 0 Å². The van der Waals surface area contributed by atoms with E-state index in [0.717, 1.165) is 0 Å². The average Bonchev–Trinajstić information content (AvgIpc) is 1.94. The minimum Gasteiger partial charge on any atom is -0.0560 e. The summed E-state index contributed by atoms with van der Waals surface area (Å²) in [7, 11) is 0. The van der Waals surface area contributed by atoms with Crippen molar-refractivity contribution in [1.29, 1.82) is 0 Å². The van der Waals surface area contributed by atoms with Crippen LogP contribution in [0.25, 0.3) is 0 Å². The smallest absolute Gasteiger partial charge is 0.0215 e. The van der Waals surface area contributed by atoms with Gasteiger partial charge in [-0.1, -0.05) is 42.8 Å². The van der Waals surface area contributed by atoms with Crippen molar-refractivity contribution < 1.29 is 0 Å². The Balaban J connectivity index is 3.32. The lowest BCUT2D eigenvalue weighted by Crippen LogP contribution is -2.12. The van der Waals surface area contributed by atoms with Gasteiger partial charge in [0, 0.05) is 4.47 Å². The zero-order valence-corrected chi connectivity index (χ0v) is 10.6. The molecule has 0 saturated heterocycles. The number of aryl methyl sites for hydroxylation is 2. The molecule has 0 nitrogen and oxygen atoms in total. The van der Waals surface area contributed by atoms with E-state index in [0.29, 0.717) is 0 Å². The largest absolute Gasteiger partial charge is 0.0560 e. The molecule has 1 rings (SSSR count). The second-order valence-corrected chi connectivity index (χ2v) is 5.52. The maximum Gasteiger partial charge on any atom is 0.0215 e. The Morgan fingerprint density at radius 2 is 1.46 bits per heavy atom. The Bertz CT molecular complexity index is 319. The fraction of sp³-hybridized carbons (Fsp3) is 0.500. The van der Waals surface area contributed by atoms with Gasteiger partial charge in [0.25, 0.3) is 0 Å². The van der Waals surface area contributed by atoms with Crippen molar-refractivity contribution in [3.63, 3.8) is 0 Å². The van der Waals surface area contributed by atoms with Gasteiger partial charge in [-0.05, 0) is 42.0 Å². The van der Waals surface area contributed by atoms with E-state index in [-0.39, 0.29) is 5.41 Å². The van der Waals surface area contributed by atoms with Crippen molar-refractivity contribution >= 4 is 15.9 Å². The molecule has 0 bridgehead atoms. The summed E-state index contributed by atoms with van der Waals surface area (Å²) in [5, 5.41) is 0. The van der Waals surface area contributed by atoms with E-state index in [2.05, 4.69) is 62.7 Å². The monoisotopic (exact) mass is 240 g/mol. The highest BCUT2D eigenvalue weighted by Crippen LogP contribution is 2.31. The van der Waals surface area contributed by atoms with Crippen LogP contribution in [0.15, 0.2) is 16.6 Å². The lowest BCUT2D eigenvalue weighted by Gasteiger charge is -2.22. The Labute approximate surface area is 89.5 Å². The molecule has 72 valence electrons. The van der Waals surface area contributed by atoms with Crippen molar-refractivity contribution in [2.24, 2.45) is 0 Å². The highest BCUT2D eigenvalue weighted by molar-refractivity contribution is 9.10. The Morgan fingerprint density at radius 1 is 1.00 bits per heavy atom. The lowest BCUT2D eigenvalue weighted by atomic mass is 9.85. The summed E-state index contributed by atoms with van der Waals surface area (Å²) in [6.45, 7) is 11.0. The molecule has 0 aliphatic rings. The Morgan fingerprint density at radius 3 is 1.92 bits per heavy atom. The Hall–Kier alpha value is -0.300. The molecule has 0 fully saturated rings. The molecule has 0 saturated carbocycles. The van der Waals surface area contributed by atoms with Gasteiger partial charge < -0.3 is 0 Å². The van der Waals surface area contributed by atoms with E-state index < -0.39 is 0 Å². The average molecular weight is 241 g/mol. The summed E-state index contributed by atoms with van der Waals surface area (Å²) in [4.78, 5) is 0. The molecule has 0 aliphatic carbocycles. The number of hydrogen-bond acceptors (Lipinski definition) is 0. The molecule has 0 atom stereocenters. The van der Waals surface area contributed by atoms with Crippen molar-refractivity contribution in [3.05, 3.63) is 33.3 Å². The van der Waals surface area contributed by atoms with Gasteiger partial charge in [0.2, 0.25) is 0 Å². The number of halogens is 1. The summed E-state index contributed by atoms with van der Waals surface area (Å²) in [6.07, 6.45) is 0. The molecule has 0 spiro atoms. The van der Waals surface area contributed by atoms with Crippen LogP contribution >= 0.6 is 15.9 Å². The molecule has 0 aromatic heterocycles. The summed E-state index contributed by atoms with van der Waals surface area (Å²) >= 11 is 3.62. The van der Waals surface area contributed by atoms with Gasteiger partial charge in [0.1, 0.15) is 0 Å². The van der Waals surface area contributed by atoms with Gasteiger partial charge >= 0.3 is 0 Å². The fourth-order valence-electron chi connectivity index (χ4n) is 1.36. The predicted octanol–water partition coefficient (Wildman–Crippen LogP) is 4.36. The fourth-order valence-corrected chi connectivity index (χ4v) is 2.41. The first-order chi connectivity index (χ1) is 5.82. The first-order valence-corrected chi connectivity index (χ1v) is 5.39. The molecule has 0 amide bonds. The van der Waals surface area contributed by atoms with Gasteiger partial charge in [0.05, 0.1) is 0 Å². The molecular weight excluding hydrogens is 224 g/mol. The van der Waals surface area contributed by atoms with Crippen LogP contribution in [-0.2, 0) is 5.41 Å². The molecule has 0 radical (unpaired) electrons. The predicted molar refractivity (Wildman–Crippen MR) is 62.3 cm³/mol. The highest BCUT2D eigenvalue weighted by Gasteiger charge is 2.17. The maximum absolute atomic E-state index is 3.62. The molecule has 1 heteroatoms. The number of rotatable bonds is 0. The van der Waals surface area contributed by atoms with Crippen LogP contribution in [0, 0.1) is 13.8 Å².